The van der Waals surface area contributed by atoms with Gasteiger partial charge in [0.25, 0.3) is 5.56 Å². The number of thioether (sulfide) groups is 1. The van der Waals surface area contributed by atoms with Crippen LogP contribution in [0.1, 0.15) is 17.7 Å². The van der Waals surface area contributed by atoms with Crippen LogP contribution in [0.3, 0.4) is 0 Å². The van der Waals surface area contributed by atoms with E-state index in [1.54, 1.807) is 19.1 Å². The molecule has 3 rings (SSSR count). The molecule has 0 aliphatic rings. The number of nitrogens with one attached hydrogen (secondary N) is 2. The highest BCUT2D eigenvalue weighted by atomic mass is 32.2. The molecular formula is C17H16FN5O2S2. The highest BCUT2D eigenvalue weighted by molar-refractivity contribution is 7.98. The van der Waals surface area contributed by atoms with Crippen LogP contribution in [0.2, 0.25) is 0 Å². The van der Waals surface area contributed by atoms with E-state index < -0.39 is 0 Å². The zero-order valence-corrected chi connectivity index (χ0v) is 16.2. The summed E-state index contributed by atoms with van der Waals surface area (Å²) in [6.45, 7) is 1.75. The molecule has 0 atom stereocenters. The average Bonchev–Trinajstić information content (AvgIpc) is 3.09. The topological polar surface area (TPSA) is 101 Å². The molecular weight excluding hydrogens is 389 g/mol. The summed E-state index contributed by atoms with van der Waals surface area (Å²) in [7, 11) is 0. The number of anilines is 1. The van der Waals surface area contributed by atoms with Gasteiger partial charge in [-0.25, -0.2) is 9.37 Å². The first-order chi connectivity index (χ1) is 13.0. The van der Waals surface area contributed by atoms with Crippen LogP contribution < -0.4 is 10.9 Å². The van der Waals surface area contributed by atoms with E-state index in [1.807, 2.05) is 6.26 Å². The van der Waals surface area contributed by atoms with Crippen LogP contribution in [-0.4, -0.2) is 31.5 Å². The molecule has 0 bridgehead atoms. The number of rotatable bonds is 6. The van der Waals surface area contributed by atoms with Crippen LogP contribution >= 0.6 is 23.3 Å². The molecule has 3 aromatic rings. The summed E-state index contributed by atoms with van der Waals surface area (Å²) in [5.41, 5.74) is 1.54. The van der Waals surface area contributed by atoms with Gasteiger partial charge in [-0.3, -0.25) is 9.59 Å². The summed E-state index contributed by atoms with van der Waals surface area (Å²) in [6, 6.07) is 5.79. The molecule has 7 nitrogen and oxygen atoms in total. The molecule has 0 radical (unpaired) electrons. The molecule has 0 aliphatic carbocycles. The Morgan fingerprint density at radius 1 is 1.30 bits per heavy atom. The summed E-state index contributed by atoms with van der Waals surface area (Å²) in [4.78, 5) is 35.5. The van der Waals surface area contributed by atoms with Gasteiger partial charge in [0.1, 0.15) is 5.82 Å². The lowest BCUT2D eigenvalue weighted by atomic mass is 10.1. The molecule has 0 saturated carbocycles. The van der Waals surface area contributed by atoms with E-state index in [1.165, 1.54) is 23.9 Å². The number of carbonyl (C=O) groups excluding carboxylic acids is 1. The van der Waals surface area contributed by atoms with Crippen molar-refractivity contribution in [1.82, 2.24) is 19.3 Å². The predicted molar refractivity (Wildman–Crippen MR) is 104 cm³/mol. The Morgan fingerprint density at radius 3 is 2.70 bits per heavy atom. The van der Waals surface area contributed by atoms with Crippen LogP contribution in [0.15, 0.2) is 34.2 Å². The van der Waals surface area contributed by atoms with Gasteiger partial charge in [0.15, 0.2) is 11.0 Å². The Hall–Kier alpha value is -2.59. The highest BCUT2D eigenvalue weighted by Gasteiger charge is 2.13. The number of hydrogen-bond donors (Lipinski definition) is 2. The number of benzene rings is 1. The Morgan fingerprint density at radius 2 is 2.04 bits per heavy atom. The molecule has 0 fully saturated rings. The lowest BCUT2D eigenvalue weighted by Gasteiger charge is -2.05. The number of aromatic nitrogens is 4. The largest absolute Gasteiger partial charge is 0.301 e. The van der Waals surface area contributed by atoms with Crippen LogP contribution in [0.25, 0.3) is 11.4 Å². The van der Waals surface area contributed by atoms with Crippen molar-refractivity contribution >= 4 is 34.3 Å². The molecule has 2 heterocycles. The van der Waals surface area contributed by atoms with Crippen molar-refractivity contribution < 1.29 is 9.18 Å². The zero-order valence-electron chi connectivity index (χ0n) is 14.6. The van der Waals surface area contributed by atoms with Crippen molar-refractivity contribution in [3.05, 3.63) is 51.7 Å². The summed E-state index contributed by atoms with van der Waals surface area (Å²) in [6.07, 6.45) is 2.22. The molecule has 10 heteroatoms. The molecule has 27 heavy (non-hydrogen) atoms. The fourth-order valence-electron chi connectivity index (χ4n) is 2.39. The van der Waals surface area contributed by atoms with Gasteiger partial charge in [0.2, 0.25) is 11.0 Å². The number of aryl methyl sites for hydroxylation is 1. The van der Waals surface area contributed by atoms with Crippen molar-refractivity contribution in [1.29, 1.82) is 0 Å². The first kappa shape index (κ1) is 19.2. The van der Waals surface area contributed by atoms with E-state index in [0.717, 1.165) is 11.5 Å². The van der Waals surface area contributed by atoms with Gasteiger partial charge >= 0.3 is 0 Å². The Balaban J connectivity index is 1.62. The standard InChI is InChI=1S/C17H16FN5O2S2/c1-9-12(15(25)22-16(19-9)26-2)7-8-13(24)20-17-21-14(23-27-17)10-3-5-11(18)6-4-10/h3-6H,7-8H2,1-2H3,(H,19,22,25)(H,20,21,23,24). The van der Waals surface area contributed by atoms with Crippen molar-refractivity contribution in [3.63, 3.8) is 0 Å². The smallest absolute Gasteiger partial charge is 0.254 e. The normalized spacial score (nSPS) is 10.8. The summed E-state index contributed by atoms with van der Waals surface area (Å²) in [5.74, 6) is -0.197. The molecule has 140 valence electrons. The van der Waals surface area contributed by atoms with Crippen LogP contribution in [0.5, 0.6) is 0 Å². The molecule has 0 aliphatic heterocycles. The number of aromatic amines is 1. The number of halogens is 1. The van der Waals surface area contributed by atoms with Crippen LogP contribution in [0, 0.1) is 12.7 Å². The quantitative estimate of drug-likeness (QED) is 0.483. The van der Waals surface area contributed by atoms with Gasteiger partial charge in [-0.15, -0.1) is 0 Å². The third-order valence-electron chi connectivity index (χ3n) is 3.77. The zero-order chi connectivity index (χ0) is 19.4. The first-order valence-corrected chi connectivity index (χ1v) is 9.99. The highest BCUT2D eigenvalue weighted by Crippen LogP contribution is 2.21. The maximum atomic E-state index is 13.0. The minimum atomic E-state index is -0.340. The van der Waals surface area contributed by atoms with Gasteiger partial charge in [-0.1, -0.05) is 11.8 Å². The molecule has 2 N–H and O–H groups in total. The second-order valence-electron chi connectivity index (χ2n) is 5.62. The summed E-state index contributed by atoms with van der Waals surface area (Å²) in [5, 5.41) is 3.57. The third-order valence-corrected chi connectivity index (χ3v) is 4.98. The Bertz CT molecular complexity index is 1020. The van der Waals surface area contributed by atoms with Gasteiger partial charge in [0, 0.05) is 34.8 Å². The fraction of sp³-hybridized carbons (Fsp3) is 0.235. The number of H-pyrrole nitrogens is 1. The minimum absolute atomic E-state index is 0.121. The number of nitrogens with zero attached hydrogens (tertiary/aromatic N) is 3. The minimum Gasteiger partial charge on any atom is -0.301 e. The lowest BCUT2D eigenvalue weighted by molar-refractivity contribution is -0.116. The van der Waals surface area contributed by atoms with E-state index in [9.17, 15) is 14.0 Å². The molecule has 1 amide bonds. The molecule has 0 saturated heterocycles. The average molecular weight is 405 g/mol. The van der Waals surface area contributed by atoms with Crippen LogP contribution in [0.4, 0.5) is 9.52 Å². The van der Waals surface area contributed by atoms with Gasteiger partial charge < -0.3 is 10.3 Å². The summed E-state index contributed by atoms with van der Waals surface area (Å²) < 4.78 is 17.1. The molecule has 1 aromatic carbocycles. The maximum absolute atomic E-state index is 13.0. The second kappa shape index (κ2) is 8.40. The number of hydrogen-bond acceptors (Lipinski definition) is 7. The predicted octanol–water partition coefficient (Wildman–Crippen LogP) is 3.03. The van der Waals surface area contributed by atoms with Crippen molar-refractivity contribution in [2.75, 3.05) is 11.6 Å². The molecule has 0 spiro atoms. The molecule has 2 aromatic heterocycles. The van der Waals surface area contributed by atoms with Gasteiger partial charge in [-0.2, -0.15) is 9.36 Å². The SMILES string of the molecule is CSc1nc(C)c(CCC(=O)Nc2nc(-c3ccc(F)cc3)ns2)c(=O)[nH]1. The number of carbonyl (C=O) groups is 1. The van der Waals surface area contributed by atoms with Crippen LogP contribution in [-0.2, 0) is 11.2 Å². The fourth-order valence-corrected chi connectivity index (χ4v) is 3.42. The Labute approximate surface area is 162 Å². The number of amides is 1. The Kier molecular flexibility index (Phi) is 5.97. The van der Waals surface area contributed by atoms with E-state index in [0.29, 0.717) is 32.9 Å². The maximum Gasteiger partial charge on any atom is 0.254 e. The van der Waals surface area contributed by atoms with Gasteiger partial charge in [0.05, 0.1) is 0 Å². The van der Waals surface area contributed by atoms with Gasteiger partial charge in [-0.05, 0) is 43.9 Å². The molecule has 0 unspecified atom stereocenters. The first-order valence-electron chi connectivity index (χ1n) is 7.99. The van der Waals surface area contributed by atoms with Crippen molar-refractivity contribution in [3.8, 4) is 11.4 Å². The van der Waals surface area contributed by atoms with E-state index >= 15 is 0 Å². The van der Waals surface area contributed by atoms with E-state index in [4.69, 9.17) is 0 Å². The van der Waals surface area contributed by atoms with E-state index in [-0.39, 0.29) is 30.1 Å². The monoisotopic (exact) mass is 405 g/mol. The van der Waals surface area contributed by atoms with E-state index in [2.05, 4.69) is 24.6 Å². The summed E-state index contributed by atoms with van der Waals surface area (Å²) >= 11 is 2.39. The van der Waals surface area contributed by atoms with Crippen molar-refractivity contribution in [2.45, 2.75) is 24.9 Å². The van der Waals surface area contributed by atoms with Crippen molar-refractivity contribution in [2.24, 2.45) is 0 Å². The lowest BCUT2D eigenvalue weighted by Crippen LogP contribution is -2.20. The third kappa shape index (κ3) is 4.77. The second-order valence-corrected chi connectivity index (χ2v) is 7.16.